The van der Waals surface area contributed by atoms with Crippen LogP contribution in [0.15, 0.2) is 0 Å². The summed E-state index contributed by atoms with van der Waals surface area (Å²) in [4.78, 5) is 10.3. The van der Waals surface area contributed by atoms with Gasteiger partial charge in [-0.05, 0) is 24.5 Å². The lowest BCUT2D eigenvalue weighted by atomic mass is 10.4. The zero-order chi connectivity index (χ0) is 8.27. The largest absolute Gasteiger partial charge is 0.480 e. The van der Waals surface area contributed by atoms with Gasteiger partial charge in [0.2, 0.25) is 0 Å². The quantitative estimate of drug-likeness (QED) is 0.640. The van der Waals surface area contributed by atoms with Gasteiger partial charge in [0, 0.05) is 5.75 Å². The molecule has 0 radical (unpaired) electrons. The van der Waals surface area contributed by atoms with Crippen LogP contribution in [0.2, 0.25) is 0 Å². The fraction of sp³-hybridized carbons (Fsp3) is 0.857. The van der Waals surface area contributed by atoms with Gasteiger partial charge in [0.05, 0.1) is 0 Å². The second-order valence-electron chi connectivity index (χ2n) is 2.93. The Balaban J connectivity index is 1.96. The molecule has 0 aromatic heterocycles. The molecule has 0 aromatic carbocycles. The molecule has 3 nitrogen and oxygen atoms in total. The van der Waals surface area contributed by atoms with Crippen molar-refractivity contribution in [2.45, 2.75) is 18.9 Å². The maximum Gasteiger partial charge on any atom is 0.321 e. The number of carbonyl (C=O) groups is 1. The fourth-order valence-electron chi connectivity index (χ4n) is 0.717. The molecule has 0 saturated heterocycles. The monoisotopic (exact) mass is 175 g/mol. The van der Waals surface area contributed by atoms with Crippen molar-refractivity contribution in [2.24, 2.45) is 11.7 Å². The average molecular weight is 175 g/mol. The summed E-state index contributed by atoms with van der Waals surface area (Å²) in [5.41, 5.74) is 5.30. The third-order valence-electron chi connectivity index (χ3n) is 1.67. The Kier molecular flexibility index (Phi) is 3.20. The first-order chi connectivity index (χ1) is 5.20. The van der Waals surface area contributed by atoms with Gasteiger partial charge in [-0.1, -0.05) is 0 Å². The van der Waals surface area contributed by atoms with Crippen LogP contribution < -0.4 is 5.73 Å². The lowest BCUT2D eigenvalue weighted by molar-refractivity contribution is -0.137. The Bertz CT molecular complexity index is 147. The number of carboxylic acids is 1. The molecule has 4 heteroatoms. The van der Waals surface area contributed by atoms with E-state index in [4.69, 9.17) is 10.8 Å². The van der Waals surface area contributed by atoms with Crippen LogP contribution in [-0.2, 0) is 4.79 Å². The molecule has 0 amide bonds. The van der Waals surface area contributed by atoms with E-state index in [1.807, 2.05) is 0 Å². The van der Waals surface area contributed by atoms with E-state index in [-0.39, 0.29) is 0 Å². The molecule has 0 heterocycles. The third-order valence-corrected chi connectivity index (χ3v) is 2.97. The first kappa shape index (κ1) is 8.87. The lowest BCUT2D eigenvalue weighted by Gasteiger charge is -2.04. The minimum absolute atomic E-state index is 0.547. The van der Waals surface area contributed by atoms with E-state index in [0.29, 0.717) is 5.75 Å². The van der Waals surface area contributed by atoms with Crippen LogP contribution in [0.25, 0.3) is 0 Å². The van der Waals surface area contributed by atoms with Crippen molar-refractivity contribution >= 4 is 17.7 Å². The van der Waals surface area contributed by atoms with Crippen molar-refractivity contribution in [3.63, 3.8) is 0 Å². The molecule has 0 bridgehead atoms. The summed E-state index contributed by atoms with van der Waals surface area (Å²) in [6.45, 7) is 0. The van der Waals surface area contributed by atoms with Crippen molar-refractivity contribution in [1.29, 1.82) is 0 Å². The number of carboxylic acid groups (broad SMARTS) is 1. The third kappa shape index (κ3) is 3.62. The van der Waals surface area contributed by atoms with Gasteiger partial charge in [-0.25, -0.2) is 0 Å². The molecular weight excluding hydrogens is 162 g/mol. The highest BCUT2D eigenvalue weighted by atomic mass is 32.2. The molecule has 11 heavy (non-hydrogen) atoms. The zero-order valence-corrected chi connectivity index (χ0v) is 7.14. The molecule has 1 aliphatic rings. The van der Waals surface area contributed by atoms with Crippen molar-refractivity contribution in [2.75, 3.05) is 11.5 Å². The van der Waals surface area contributed by atoms with E-state index in [9.17, 15) is 4.79 Å². The van der Waals surface area contributed by atoms with Crippen LogP contribution >= 0.6 is 11.8 Å². The minimum Gasteiger partial charge on any atom is -0.480 e. The summed E-state index contributed by atoms with van der Waals surface area (Å²) in [7, 11) is 0. The maximum absolute atomic E-state index is 10.3. The topological polar surface area (TPSA) is 63.3 Å². The Labute approximate surface area is 70.3 Å². The standard InChI is InChI=1S/C7H13NO2S/c8-6(7(9)10)4-11-3-5-1-2-5/h5-6H,1-4,8H2,(H,9,10). The normalized spacial score (nSPS) is 19.7. The van der Waals surface area contributed by atoms with Gasteiger partial charge in [0.1, 0.15) is 6.04 Å². The van der Waals surface area contributed by atoms with Gasteiger partial charge < -0.3 is 10.8 Å². The summed E-state index contributed by atoms with van der Waals surface area (Å²) in [5, 5.41) is 8.42. The lowest BCUT2D eigenvalue weighted by Crippen LogP contribution is -2.32. The molecule has 0 spiro atoms. The average Bonchev–Trinajstić information content (AvgIpc) is 2.71. The van der Waals surface area contributed by atoms with Gasteiger partial charge in [-0.3, -0.25) is 4.79 Å². The summed E-state index contributed by atoms with van der Waals surface area (Å²) in [5.74, 6) is 1.58. The Hall–Kier alpha value is -0.220. The van der Waals surface area contributed by atoms with Crippen molar-refractivity contribution in [3.05, 3.63) is 0 Å². The maximum atomic E-state index is 10.3. The minimum atomic E-state index is -0.895. The van der Waals surface area contributed by atoms with Crippen LogP contribution in [0.1, 0.15) is 12.8 Å². The zero-order valence-electron chi connectivity index (χ0n) is 6.32. The van der Waals surface area contributed by atoms with E-state index in [1.165, 1.54) is 12.8 Å². The number of thioether (sulfide) groups is 1. The van der Waals surface area contributed by atoms with Crippen LogP contribution in [0.4, 0.5) is 0 Å². The molecule has 0 aromatic rings. The summed E-state index contributed by atoms with van der Waals surface area (Å²) in [6, 6.07) is -0.682. The van der Waals surface area contributed by atoms with E-state index < -0.39 is 12.0 Å². The molecule has 64 valence electrons. The Morgan fingerprint density at radius 2 is 2.36 bits per heavy atom. The van der Waals surface area contributed by atoms with E-state index in [1.54, 1.807) is 11.8 Å². The highest BCUT2D eigenvalue weighted by molar-refractivity contribution is 7.99. The Morgan fingerprint density at radius 1 is 1.73 bits per heavy atom. The van der Waals surface area contributed by atoms with E-state index in [2.05, 4.69) is 0 Å². The van der Waals surface area contributed by atoms with Gasteiger partial charge in [-0.2, -0.15) is 11.8 Å². The number of nitrogens with two attached hydrogens (primary N) is 1. The predicted octanol–water partition coefficient (Wildman–Crippen LogP) is 0.542. The number of rotatable bonds is 5. The predicted molar refractivity (Wildman–Crippen MR) is 45.7 cm³/mol. The number of aliphatic carboxylic acids is 1. The molecule has 1 fully saturated rings. The van der Waals surface area contributed by atoms with Crippen LogP contribution in [0.3, 0.4) is 0 Å². The molecule has 1 rings (SSSR count). The highest BCUT2D eigenvalue weighted by Crippen LogP contribution is 2.32. The molecule has 1 unspecified atom stereocenters. The second kappa shape index (κ2) is 3.97. The highest BCUT2D eigenvalue weighted by Gasteiger charge is 2.21. The number of hydrogen-bond acceptors (Lipinski definition) is 3. The van der Waals surface area contributed by atoms with Crippen LogP contribution in [0, 0.1) is 5.92 Å². The van der Waals surface area contributed by atoms with Crippen molar-refractivity contribution in [3.8, 4) is 0 Å². The van der Waals surface area contributed by atoms with Gasteiger partial charge in [0.25, 0.3) is 0 Å². The van der Waals surface area contributed by atoms with E-state index in [0.717, 1.165) is 11.7 Å². The van der Waals surface area contributed by atoms with Crippen LogP contribution in [0.5, 0.6) is 0 Å². The molecule has 1 saturated carbocycles. The SMILES string of the molecule is NC(CSCC1CC1)C(=O)O. The smallest absolute Gasteiger partial charge is 0.321 e. The Morgan fingerprint density at radius 3 is 2.82 bits per heavy atom. The first-order valence-corrected chi connectivity index (χ1v) is 4.91. The summed E-state index contributed by atoms with van der Waals surface area (Å²) < 4.78 is 0. The van der Waals surface area contributed by atoms with Crippen LogP contribution in [-0.4, -0.2) is 28.6 Å². The fourth-order valence-corrected chi connectivity index (χ4v) is 1.92. The van der Waals surface area contributed by atoms with Gasteiger partial charge in [0.15, 0.2) is 0 Å². The summed E-state index contributed by atoms with van der Waals surface area (Å²) in [6.07, 6.45) is 2.63. The summed E-state index contributed by atoms with van der Waals surface area (Å²) >= 11 is 1.65. The van der Waals surface area contributed by atoms with E-state index >= 15 is 0 Å². The number of hydrogen-bond donors (Lipinski definition) is 2. The molecule has 1 atom stereocenters. The van der Waals surface area contributed by atoms with Gasteiger partial charge >= 0.3 is 5.97 Å². The van der Waals surface area contributed by atoms with Crippen molar-refractivity contribution < 1.29 is 9.90 Å². The molecule has 0 aliphatic heterocycles. The van der Waals surface area contributed by atoms with Crippen molar-refractivity contribution in [1.82, 2.24) is 0 Å². The molecule has 1 aliphatic carbocycles. The molecular formula is C7H13NO2S. The second-order valence-corrected chi connectivity index (χ2v) is 4.00. The molecule has 3 N–H and O–H groups in total. The van der Waals surface area contributed by atoms with Gasteiger partial charge in [-0.15, -0.1) is 0 Å². The first-order valence-electron chi connectivity index (χ1n) is 3.76.